The van der Waals surface area contributed by atoms with Crippen molar-refractivity contribution < 1.29 is 38.2 Å². The topological polar surface area (TPSA) is 175 Å². The lowest BCUT2D eigenvalue weighted by Crippen LogP contribution is -2.56. The van der Waals surface area contributed by atoms with Crippen molar-refractivity contribution in [3.63, 3.8) is 0 Å². The Hall–Kier alpha value is -3.74. The first-order chi connectivity index (χ1) is 18.8. The van der Waals surface area contributed by atoms with E-state index in [1.165, 1.54) is 0 Å². The maximum Gasteiger partial charge on any atom is 0.329 e. The van der Waals surface area contributed by atoms with Crippen LogP contribution in [0, 0.1) is 5.92 Å². The molecule has 0 aromatic heterocycles. The van der Waals surface area contributed by atoms with Crippen LogP contribution in [-0.4, -0.2) is 71.1 Å². The standard InChI is InChI=1S/C28H42N4O8S/c1-16(2)23(26(37)40-28(6,7)8)32-25(36)19(13-22(35)39-27(3,4)5)31-20(33)14-30-21(34)15-38-18-11-9-17(10-12-18)24(29)41/h9-12,16,19,23H,13-15H2,1-8H3,(H2,29,41)(H,30,34)(H,31,33)(H,32,36)/t19-,23-/m0/s1. The Kier molecular flexibility index (Phi) is 13.2. The molecule has 0 radical (unpaired) electrons. The second kappa shape index (κ2) is 15.3. The smallest absolute Gasteiger partial charge is 0.329 e. The zero-order valence-electron chi connectivity index (χ0n) is 24.9. The van der Waals surface area contributed by atoms with Crippen molar-refractivity contribution in [1.29, 1.82) is 0 Å². The van der Waals surface area contributed by atoms with E-state index >= 15 is 0 Å². The predicted octanol–water partition coefficient (Wildman–Crippen LogP) is 1.51. The predicted molar refractivity (Wildman–Crippen MR) is 156 cm³/mol. The first-order valence-corrected chi connectivity index (χ1v) is 13.5. The fourth-order valence-corrected chi connectivity index (χ4v) is 3.35. The van der Waals surface area contributed by atoms with Crippen molar-refractivity contribution in [2.45, 2.75) is 85.1 Å². The van der Waals surface area contributed by atoms with Crippen LogP contribution in [0.5, 0.6) is 5.75 Å². The van der Waals surface area contributed by atoms with Gasteiger partial charge in [0.2, 0.25) is 11.8 Å². The number of thiocarbonyl (C=S) groups is 1. The number of esters is 2. The van der Waals surface area contributed by atoms with Crippen molar-refractivity contribution in [2.24, 2.45) is 11.7 Å². The molecule has 0 aliphatic carbocycles. The molecule has 13 heteroatoms. The molecule has 0 spiro atoms. The molecule has 1 aromatic carbocycles. The van der Waals surface area contributed by atoms with Crippen LogP contribution in [0.1, 0.15) is 67.4 Å². The molecule has 41 heavy (non-hydrogen) atoms. The van der Waals surface area contributed by atoms with E-state index in [0.29, 0.717) is 11.3 Å². The van der Waals surface area contributed by atoms with Gasteiger partial charge < -0.3 is 35.9 Å². The zero-order valence-corrected chi connectivity index (χ0v) is 25.7. The third kappa shape index (κ3) is 14.5. The second-order valence-electron chi connectivity index (χ2n) is 11.6. The molecular formula is C28H42N4O8S. The van der Waals surface area contributed by atoms with Gasteiger partial charge in [0.1, 0.15) is 34.0 Å². The minimum Gasteiger partial charge on any atom is -0.484 e. The second-order valence-corrected chi connectivity index (χ2v) is 12.1. The largest absolute Gasteiger partial charge is 0.484 e. The van der Waals surface area contributed by atoms with Gasteiger partial charge in [0.25, 0.3) is 5.91 Å². The molecule has 0 bridgehead atoms. The summed E-state index contributed by atoms with van der Waals surface area (Å²) < 4.78 is 16.1. The summed E-state index contributed by atoms with van der Waals surface area (Å²) in [5, 5.41) is 7.38. The maximum atomic E-state index is 13.2. The van der Waals surface area contributed by atoms with Gasteiger partial charge >= 0.3 is 11.9 Å². The number of hydrogen-bond acceptors (Lipinski definition) is 9. The molecule has 0 saturated carbocycles. The number of amides is 3. The summed E-state index contributed by atoms with van der Waals surface area (Å²) in [7, 11) is 0. The summed E-state index contributed by atoms with van der Waals surface area (Å²) in [6, 6.07) is 4.05. The average molecular weight is 595 g/mol. The van der Waals surface area contributed by atoms with E-state index in [1.54, 1.807) is 79.7 Å². The van der Waals surface area contributed by atoms with Crippen LogP contribution in [0.4, 0.5) is 0 Å². The van der Waals surface area contributed by atoms with Gasteiger partial charge in [0.05, 0.1) is 13.0 Å². The molecule has 1 aromatic rings. The van der Waals surface area contributed by atoms with Crippen LogP contribution < -0.4 is 26.4 Å². The average Bonchev–Trinajstić information content (AvgIpc) is 2.81. The van der Waals surface area contributed by atoms with Crippen molar-refractivity contribution in [3.05, 3.63) is 29.8 Å². The first kappa shape index (κ1) is 35.3. The van der Waals surface area contributed by atoms with E-state index in [1.807, 2.05) is 0 Å². The monoisotopic (exact) mass is 594 g/mol. The molecule has 12 nitrogen and oxygen atoms in total. The van der Waals surface area contributed by atoms with E-state index in [0.717, 1.165) is 0 Å². The SMILES string of the molecule is CC(C)[C@H](NC(=O)[C@H](CC(=O)OC(C)(C)C)NC(=O)CNC(=O)COc1ccc(C(N)=S)cc1)C(=O)OC(C)(C)C. The van der Waals surface area contributed by atoms with Gasteiger partial charge in [0.15, 0.2) is 6.61 Å². The fourth-order valence-electron chi connectivity index (χ4n) is 3.22. The van der Waals surface area contributed by atoms with E-state index in [9.17, 15) is 24.0 Å². The third-order valence-electron chi connectivity index (χ3n) is 5.02. The molecular weight excluding hydrogens is 552 g/mol. The number of nitrogens with two attached hydrogens (primary N) is 1. The molecule has 5 N–H and O–H groups in total. The Labute approximate surface area is 246 Å². The van der Waals surface area contributed by atoms with Gasteiger partial charge in [-0.2, -0.15) is 0 Å². The minimum atomic E-state index is -1.39. The number of benzene rings is 1. The van der Waals surface area contributed by atoms with Gasteiger partial charge in [-0.25, -0.2) is 4.79 Å². The molecule has 0 aliphatic heterocycles. The van der Waals surface area contributed by atoms with Gasteiger partial charge in [0, 0.05) is 5.56 Å². The summed E-state index contributed by atoms with van der Waals surface area (Å²) >= 11 is 4.89. The van der Waals surface area contributed by atoms with E-state index in [4.69, 9.17) is 32.2 Å². The number of rotatable bonds is 13. The lowest BCUT2D eigenvalue weighted by Gasteiger charge is -2.28. The Morgan fingerprint density at radius 1 is 0.878 bits per heavy atom. The van der Waals surface area contributed by atoms with E-state index in [2.05, 4.69) is 16.0 Å². The lowest BCUT2D eigenvalue weighted by molar-refractivity contribution is -0.160. The molecule has 228 valence electrons. The van der Waals surface area contributed by atoms with E-state index in [-0.39, 0.29) is 17.5 Å². The minimum absolute atomic E-state index is 0.225. The molecule has 0 unspecified atom stereocenters. The Morgan fingerprint density at radius 2 is 1.44 bits per heavy atom. The van der Waals surface area contributed by atoms with Crippen LogP contribution in [0.2, 0.25) is 0 Å². The van der Waals surface area contributed by atoms with Gasteiger partial charge in [-0.15, -0.1) is 0 Å². The van der Waals surface area contributed by atoms with Crippen molar-refractivity contribution >= 4 is 46.9 Å². The molecule has 1 rings (SSSR count). The Balaban J connectivity index is 2.85. The van der Waals surface area contributed by atoms with E-state index < -0.39 is 65.9 Å². The van der Waals surface area contributed by atoms with Crippen LogP contribution in [0.3, 0.4) is 0 Å². The first-order valence-electron chi connectivity index (χ1n) is 13.1. The highest BCUT2D eigenvalue weighted by Gasteiger charge is 2.33. The van der Waals surface area contributed by atoms with Crippen molar-refractivity contribution in [1.82, 2.24) is 16.0 Å². The highest BCUT2D eigenvalue weighted by atomic mass is 32.1. The molecule has 0 aliphatic rings. The maximum absolute atomic E-state index is 13.2. The number of carbonyl (C=O) groups is 5. The Bertz CT molecular complexity index is 1110. The summed E-state index contributed by atoms with van der Waals surface area (Å²) in [6.45, 7) is 12.6. The molecule has 3 amide bonds. The molecule has 0 heterocycles. The lowest BCUT2D eigenvalue weighted by atomic mass is 10.0. The van der Waals surface area contributed by atoms with Gasteiger partial charge in [-0.3, -0.25) is 19.2 Å². The summed E-state index contributed by atoms with van der Waals surface area (Å²) in [6.07, 6.45) is -0.507. The summed E-state index contributed by atoms with van der Waals surface area (Å²) in [5.41, 5.74) is 4.57. The Morgan fingerprint density at radius 3 is 1.93 bits per heavy atom. The van der Waals surface area contributed by atoms with Crippen LogP contribution >= 0.6 is 12.2 Å². The summed E-state index contributed by atoms with van der Waals surface area (Å²) in [4.78, 5) is 63.4. The summed E-state index contributed by atoms with van der Waals surface area (Å²) in [5.74, 6) is -3.50. The molecule has 0 fully saturated rings. The van der Waals surface area contributed by atoms with Gasteiger partial charge in [-0.05, 0) is 71.7 Å². The highest BCUT2D eigenvalue weighted by Crippen LogP contribution is 2.14. The van der Waals surface area contributed by atoms with Crippen LogP contribution in [0.25, 0.3) is 0 Å². The fraction of sp³-hybridized carbons (Fsp3) is 0.571. The molecule has 2 atom stereocenters. The van der Waals surface area contributed by atoms with Crippen LogP contribution in [-0.2, 0) is 33.4 Å². The number of ether oxygens (including phenoxy) is 3. The third-order valence-corrected chi connectivity index (χ3v) is 5.26. The highest BCUT2D eigenvalue weighted by molar-refractivity contribution is 7.80. The number of nitrogens with one attached hydrogen (secondary N) is 3. The number of carbonyl (C=O) groups excluding carboxylic acids is 5. The normalized spacial score (nSPS) is 12.9. The van der Waals surface area contributed by atoms with Crippen LogP contribution in [0.15, 0.2) is 24.3 Å². The van der Waals surface area contributed by atoms with Crippen molar-refractivity contribution in [2.75, 3.05) is 13.2 Å². The van der Waals surface area contributed by atoms with Gasteiger partial charge in [-0.1, -0.05) is 26.1 Å². The van der Waals surface area contributed by atoms with Crippen molar-refractivity contribution in [3.8, 4) is 5.75 Å². The quantitative estimate of drug-likeness (QED) is 0.194. The number of hydrogen-bond donors (Lipinski definition) is 4. The molecule has 0 saturated heterocycles. The zero-order chi connectivity index (χ0) is 31.5.